The molecule has 1 rings (SSSR count). The first-order valence-corrected chi connectivity index (χ1v) is 7.35. The molecule has 1 atom stereocenters. The van der Waals surface area contributed by atoms with Crippen molar-refractivity contribution in [2.45, 2.75) is 17.4 Å². The number of carbonyl (C=O) groups is 1. The molecule has 116 valence electrons. The highest BCUT2D eigenvalue weighted by Crippen LogP contribution is 2.25. The van der Waals surface area contributed by atoms with Gasteiger partial charge in [-0.1, -0.05) is 11.6 Å². The molecule has 1 aromatic carbocycles. The molecule has 0 amide bonds. The first-order valence-electron chi connectivity index (χ1n) is 5.49. The van der Waals surface area contributed by atoms with Crippen LogP contribution in [0.3, 0.4) is 0 Å². The lowest BCUT2D eigenvalue weighted by Crippen LogP contribution is -2.30. The fraction of sp³-hybridized carbons (Fsp3) is 0.300. The zero-order valence-electron chi connectivity index (χ0n) is 10.4. The molecule has 0 spiro atoms. The van der Waals surface area contributed by atoms with Gasteiger partial charge in [-0.05, 0) is 12.5 Å². The van der Waals surface area contributed by atoms with Crippen molar-refractivity contribution in [1.29, 1.82) is 0 Å². The maximum absolute atomic E-state index is 11.9. The van der Waals surface area contributed by atoms with Crippen molar-refractivity contribution in [2.75, 3.05) is 6.54 Å². The lowest BCUT2D eigenvalue weighted by Gasteiger charge is -2.09. The van der Waals surface area contributed by atoms with Gasteiger partial charge >= 0.3 is 5.97 Å². The maximum atomic E-state index is 11.9. The van der Waals surface area contributed by atoms with Crippen molar-refractivity contribution < 1.29 is 28.3 Å². The lowest BCUT2D eigenvalue weighted by atomic mass is 10.3. The molecule has 0 fully saturated rings. The summed E-state index contributed by atoms with van der Waals surface area (Å²) in [6.45, 7) is -0.330. The number of nitrogens with zero attached hydrogens (tertiary/aromatic N) is 1. The Hall–Kier alpha value is -1.75. The maximum Gasteiger partial charge on any atom is 0.332 e. The van der Waals surface area contributed by atoms with E-state index in [4.69, 9.17) is 21.8 Å². The second kappa shape index (κ2) is 6.80. The van der Waals surface area contributed by atoms with Gasteiger partial charge in [-0.3, -0.25) is 10.1 Å². The molecule has 11 heteroatoms. The number of rotatable bonds is 7. The molecule has 0 aliphatic rings. The molecule has 0 aromatic heterocycles. The van der Waals surface area contributed by atoms with Crippen LogP contribution in [0.25, 0.3) is 0 Å². The number of aliphatic hydroxyl groups excluding tert-OH is 1. The molecule has 0 aliphatic heterocycles. The molecule has 0 unspecified atom stereocenters. The van der Waals surface area contributed by atoms with Crippen molar-refractivity contribution in [1.82, 2.24) is 4.72 Å². The van der Waals surface area contributed by atoms with E-state index in [1.165, 1.54) is 0 Å². The molecule has 0 aliphatic carbocycles. The molecule has 0 saturated carbocycles. The minimum Gasteiger partial charge on any atom is -0.479 e. The summed E-state index contributed by atoms with van der Waals surface area (Å²) in [6.07, 6.45) is -2.03. The third-order valence-electron chi connectivity index (χ3n) is 2.41. The summed E-state index contributed by atoms with van der Waals surface area (Å²) in [4.78, 5) is 19.8. The largest absolute Gasteiger partial charge is 0.479 e. The number of nitrogens with one attached hydrogen (secondary N) is 1. The van der Waals surface area contributed by atoms with E-state index < -0.39 is 27.0 Å². The number of aliphatic hydroxyl groups is 1. The normalized spacial score (nSPS) is 12.9. The molecule has 0 heterocycles. The van der Waals surface area contributed by atoms with Crippen molar-refractivity contribution in [2.24, 2.45) is 0 Å². The van der Waals surface area contributed by atoms with Gasteiger partial charge in [-0.25, -0.2) is 17.9 Å². The number of carboxylic acid groups (broad SMARTS) is 1. The highest BCUT2D eigenvalue weighted by molar-refractivity contribution is 7.89. The third-order valence-corrected chi connectivity index (χ3v) is 4.35. The number of nitro benzene ring substituents is 1. The predicted molar refractivity (Wildman–Crippen MR) is 71.6 cm³/mol. The van der Waals surface area contributed by atoms with Gasteiger partial charge in [0.15, 0.2) is 6.10 Å². The van der Waals surface area contributed by atoms with E-state index in [1.54, 1.807) is 0 Å². The van der Waals surface area contributed by atoms with Gasteiger partial charge in [-0.15, -0.1) is 0 Å². The second-order valence-corrected chi connectivity index (χ2v) is 6.05. The highest BCUT2D eigenvalue weighted by Gasteiger charge is 2.21. The van der Waals surface area contributed by atoms with Crippen molar-refractivity contribution in [3.8, 4) is 0 Å². The van der Waals surface area contributed by atoms with Crippen LogP contribution in [0.2, 0.25) is 5.02 Å². The summed E-state index contributed by atoms with van der Waals surface area (Å²) < 4.78 is 25.8. The van der Waals surface area contributed by atoms with Crippen molar-refractivity contribution >= 4 is 33.3 Å². The summed E-state index contributed by atoms with van der Waals surface area (Å²) in [6, 6.07) is 2.84. The molecular weight excluding hydrogens is 328 g/mol. The Balaban J connectivity index is 2.84. The van der Waals surface area contributed by atoms with E-state index in [2.05, 4.69) is 0 Å². The molecule has 9 nitrogen and oxygen atoms in total. The Morgan fingerprint density at radius 3 is 2.57 bits per heavy atom. The fourth-order valence-corrected chi connectivity index (χ4v) is 2.94. The minimum absolute atomic E-state index is 0.330. The Kier molecular flexibility index (Phi) is 5.61. The summed E-state index contributed by atoms with van der Waals surface area (Å²) >= 11 is 5.68. The summed E-state index contributed by atoms with van der Waals surface area (Å²) in [5.74, 6) is -1.47. The number of sulfonamides is 1. The SMILES string of the molecule is O=C(O)[C@@H](O)CCNS(=O)(=O)c1ccc([N+](=O)[O-])cc1Cl. The van der Waals surface area contributed by atoms with E-state index >= 15 is 0 Å². The average Bonchev–Trinajstić information content (AvgIpc) is 2.37. The monoisotopic (exact) mass is 338 g/mol. The van der Waals surface area contributed by atoms with Crippen molar-refractivity contribution in [3.05, 3.63) is 33.3 Å². The standard InChI is InChI=1S/C10H11ClN2O7S/c11-7-5-6(13(17)18)1-2-9(7)21(19,20)12-4-3-8(14)10(15)16/h1-2,5,8,12,14H,3-4H2,(H,15,16)/t8-/m0/s1. The minimum atomic E-state index is -4.06. The van der Waals surface area contributed by atoms with Gasteiger partial charge in [0.2, 0.25) is 10.0 Å². The number of hydrogen-bond acceptors (Lipinski definition) is 6. The zero-order chi connectivity index (χ0) is 16.2. The molecule has 0 bridgehead atoms. The Morgan fingerprint density at radius 2 is 2.10 bits per heavy atom. The van der Waals surface area contributed by atoms with Crippen LogP contribution in [0.15, 0.2) is 23.1 Å². The summed E-state index contributed by atoms with van der Waals surface area (Å²) in [5, 5.41) is 27.6. The van der Waals surface area contributed by atoms with E-state index in [0.717, 1.165) is 18.2 Å². The number of nitro groups is 1. The average molecular weight is 339 g/mol. The number of halogens is 1. The Labute approximate surface area is 124 Å². The van der Waals surface area contributed by atoms with E-state index in [-0.39, 0.29) is 28.6 Å². The number of carboxylic acids is 1. The van der Waals surface area contributed by atoms with Gasteiger partial charge in [0, 0.05) is 18.7 Å². The fourth-order valence-electron chi connectivity index (χ4n) is 1.35. The van der Waals surface area contributed by atoms with Crippen LogP contribution < -0.4 is 4.72 Å². The van der Waals surface area contributed by atoms with Crippen LogP contribution in [0, 0.1) is 10.1 Å². The first kappa shape index (κ1) is 17.3. The zero-order valence-corrected chi connectivity index (χ0v) is 12.0. The van der Waals surface area contributed by atoms with Crippen LogP contribution in [-0.2, 0) is 14.8 Å². The summed E-state index contributed by atoms with van der Waals surface area (Å²) in [5.41, 5.74) is -0.361. The number of aliphatic carboxylic acids is 1. The van der Waals surface area contributed by atoms with Crippen LogP contribution in [0.4, 0.5) is 5.69 Å². The smallest absolute Gasteiger partial charge is 0.332 e. The first-order chi connectivity index (χ1) is 9.65. The van der Waals surface area contributed by atoms with Gasteiger partial charge in [0.1, 0.15) is 4.90 Å². The van der Waals surface area contributed by atoms with Crippen molar-refractivity contribution in [3.63, 3.8) is 0 Å². The molecular formula is C10H11ClN2O7S. The molecule has 0 saturated heterocycles. The van der Waals surface area contributed by atoms with Crippen LogP contribution >= 0.6 is 11.6 Å². The van der Waals surface area contributed by atoms with Crippen LogP contribution in [0.1, 0.15) is 6.42 Å². The van der Waals surface area contributed by atoms with E-state index in [1.807, 2.05) is 4.72 Å². The lowest BCUT2D eigenvalue weighted by molar-refractivity contribution is -0.384. The topological polar surface area (TPSA) is 147 Å². The van der Waals surface area contributed by atoms with Gasteiger partial charge in [-0.2, -0.15) is 0 Å². The van der Waals surface area contributed by atoms with Gasteiger partial charge in [0.25, 0.3) is 5.69 Å². The summed E-state index contributed by atoms with van der Waals surface area (Å²) in [7, 11) is -4.06. The Bertz CT molecular complexity index is 661. The quantitative estimate of drug-likeness (QED) is 0.480. The van der Waals surface area contributed by atoms with Gasteiger partial charge in [0.05, 0.1) is 9.95 Å². The van der Waals surface area contributed by atoms with Crippen LogP contribution in [-0.4, -0.2) is 42.2 Å². The molecule has 3 N–H and O–H groups in total. The van der Waals surface area contributed by atoms with Gasteiger partial charge < -0.3 is 10.2 Å². The number of benzene rings is 1. The molecule has 21 heavy (non-hydrogen) atoms. The second-order valence-electron chi connectivity index (χ2n) is 3.91. The number of hydrogen-bond donors (Lipinski definition) is 3. The third kappa shape index (κ3) is 4.63. The highest BCUT2D eigenvalue weighted by atomic mass is 35.5. The predicted octanol–water partition coefficient (Wildman–Crippen LogP) is 0.362. The Morgan fingerprint density at radius 1 is 1.48 bits per heavy atom. The molecule has 1 aromatic rings. The number of non-ortho nitro benzene ring substituents is 1. The van der Waals surface area contributed by atoms with E-state index in [0.29, 0.717) is 0 Å². The van der Waals surface area contributed by atoms with Crippen LogP contribution in [0.5, 0.6) is 0 Å². The molecule has 0 radical (unpaired) electrons. The van der Waals surface area contributed by atoms with E-state index in [9.17, 15) is 23.3 Å².